The van der Waals surface area contributed by atoms with Gasteiger partial charge in [-0.05, 0) is 31.2 Å². The molecule has 16 heavy (non-hydrogen) atoms. The molecule has 1 atom stereocenters. The summed E-state index contributed by atoms with van der Waals surface area (Å²) in [5, 5.41) is 3.36. The van der Waals surface area contributed by atoms with Crippen molar-refractivity contribution < 1.29 is 8.42 Å². The van der Waals surface area contributed by atoms with Gasteiger partial charge in [0.2, 0.25) is 10.0 Å². The minimum atomic E-state index is -3.11. The van der Waals surface area contributed by atoms with E-state index in [4.69, 9.17) is 0 Å². The summed E-state index contributed by atoms with van der Waals surface area (Å²) in [7, 11) is -3.11. The van der Waals surface area contributed by atoms with Gasteiger partial charge in [-0.3, -0.25) is 0 Å². The van der Waals surface area contributed by atoms with Gasteiger partial charge in [-0.1, -0.05) is 20.8 Å². The SMILES string of the molecule is CC(C)(C)CS(=O)(=O)NCCC1CCCN1. The monoisotopic (exact) mass is 248 g/mol. The van der Waals surface area contributed by atoms with E-state index in [0.29, 0.717) is 12.6 Å². The van der Waals surface area contributed by atoms with Gasteiger partial charge < -0.3 is 5.32 Å². The van der Waals surface area contributed by atoms with Gasteiger partial charge in [0, 0.05) is 12.6 Å². The quantitative estimate of drug-likeness (QED) is 0.766. The lowest BCUT2D eigenvalue weighted by molar-refractivity contribution is 0.456. The maximum absolute atomic E-state index is 11.7. The molecule has 0 aromatic carbocycles. The topological polar surface area (TPSA) is 58.2 Å². The fourth-order valence-electron chi connectivity index (χ4n) is 2.01. The predicted octanol–water partition coefficient (Wildman–Crippen LogP) is 1.09. The summed E-state index contributed by atoms with van der Waals surface area (Å²) in [5.74, 6) is 0.193. The van der Waals surface area contributed by atoms with Gasteiger partial charge >= 0.3 is 0 Å². The first-order valence-electron chi connectivity index (χ1n) is 5.99. The molecular formula is C11H24N2O2S. The Morgan fingerprint density at radius 2 is 2.06 bits per heavy atom. The van der Waals surface area contributed by atoms with E-state index in [1.54, 1.807) is 0 Å². The molecule has 1 heterocycles. The Kier molecular flexibility index (Phi) is 4.76. The molecule has 4 nitrogen and oxygen atoms in total. The van der Waals surface area contributed by atoms with Crippen LogP contribution in [0.5, 0.6) is 0 Å². The Hall–Kier alpha value is -0.130. The van der Waals surface area contributed by atoms with E-state index >= 15 is 0 Å². The van der Waals surface area contributed by atoms with Gasteiger partial charge in [0.1, 0.15) is 0 Å². The van der Waals surface area contributed by atoms with Gasteiger partial charge in [-0.2, -0.15) is 0 Å². The van der Waals surface area contributed by atoms with Crippen molar-refractivity contribution in [1.82, 2.24) is 10.0 Å². The average Bonchev–Trinajstić information content (AvgIpc) is 2.51. The molecule has 5 heteroatoms. The molecule has 0 bridgehead atoms. The number of nitrogens with one attached hydrogen (secondary N) is 2. The average molecular weight is 248 g/mol. The van der Waals surface area contributed by atoms with Crippen LogP contribution in [-0.4, -0.2) is 33.3 Å². The zero-order valence-corrected chi connectivity index (χ0v) is 11.4. The highest BCUT2D eigenvalue weighted by atomic mass is 32.2. The maximum atomic E-state index is 11.7. The van der Waals surface area contributed by atoms with Crippen LogP contribution in [0.25, 0.3) is 0 Å². The minimum absolute atomic E-state index is 0.183. The lowest BCUT2D eigenvalue weighted by atomic mass is 10.0. The first-order chi connectivity index (χ1) is 7.29. The molecule has 0 aromatic heterocycles. The Morgan fingerprint density at radius 3 is 2.56 bits per heavy atom. The Bertz CT molecular complexity index is 300. The predicted molar refractivity (Wildman–Crippen MR) is 66.9 cm³/mol. The summed E-state index contributed by atoms with van der Waals surface area (Å²) < 4.78 is 26.1. The van der Waals surface area contributed by atoms with Gasteiger partial charge in [0.15, 0.2) is 0 Å². The van der Waals surface area contributed by atoms with Gasteiger partial charge in [0.05, 0.1) is 5.75 Å². The first kappa shape index (κ1) is 13.9. The smallest absolute Gasteiger partial charge is 0.212 e. The Labute approximate surface area is 99.2 Å². The molecule has 96 valence electrons. The van der Waals surface area contributed by atoms with Crippen LogP contribution < -0.4 is 10.0 Å². The summed E-state index contributed by atoms with van der Waals surface area (Å²) in [4.78, 5) is 0. The molecule has 0 aromatic rings. The van der Waals surface area contributed by atoms with E-state index in [2.05, 4.69) is 10.0 Å². The third-order valence-corrected chi connectivity index (χ3v) is 4.49. The van der Waals surface area contributed by atoms with Crippen LogP contribution in [0, 0.1) is 5.41 Å². The molecule has 2 N–H and O–H groups in total. The highest BCUT2D eigenvalue weighted by Crippen LogP contribution is 2.15. The van der Waals surface area contributed by atoms with Crippen molar-refractivity contribution in [2.75, 3.05) is 18.8 Å². The normalized spacial score (nSPS) is 22.6. The van der Waals surface area contributed by atoms with Crippen molar-refractivity contribution in [2.24, 2.45) is 5.41 Å². The van der Waals surface area contributed by atoms with Crippen molar-refractivity contribution in [3.05, 3.63) is 0 Å². The number of hydrogen-bond donors (Lipinski definition) is 2. The second-order valence-corrected chi connectivity index (χ2v) is 7.60. The molecule has 1 saturated heterocycles. The molecule has 0 aliphatic carbocycles. The summed E-state index contributed by atoms with van der Waals surface area (Å²) in [5.41, 5.74) is -0.183. The van der Waals surface area contributed by atoms with Crippen molar-refractivity contribution in [1.29, 1.82) is 0 Å². The summed E-state index contributed by atoms with van der Waals surface area (Å²) in [6, 6.07) is 0.498. The zero-order chi connectivity index (χ0) is 12.2. The lowest BCUT2D eigenvalue weighted by Crippen LogP contribution is -2.35. The molecular weight excluding hydrogens is 224 g/mol. The van der Waals surface area contributed by atoms with Crippen LogP contribution in [0.4, 0.5) is 0 Å². The lowest BCUT2D eigenvalue weighted by Gasteiger charge is -2.18. The van der Waals surface area contributed by atoms with E-state index in [0.717, 1.165) is 13.0 Å². The van der Waals surface area contributed by atoms with E-state index in [-0.39, 0.29) is 11.2 Å². The van der Waals surface area contributed by atoms with Crippen molar-refractivity contribution in [3.63, 3.8) is 0 Å². The van der Waals surface area contributed by atoms with Crippen molar-refractivity contribution in [3.8, 4) is 0 Å². The first-order valence-corrected chi connectivity index (χ1v) is 7.64. The zero-order valence-electron chi connectivity index (χ0n) is 10.5. The fourth-order valence-corrected chi connectivity index (χ4v) is 3.68. The Morgan fingerprint density at radius 1 is 1.38 bits per heavy atom. The number of sulfonamides is 1. The van der Waals surface area contributed by atoms with Gasteiger partial charge in [-0.25, -0.2) is 13.1 Å². The summed E-state index contributed by atoms with van der Waals surface area (Å²) >= 11 is 0. The molecule has 1 aliphatic heterocycles. The molecule has 0 amide bonds. The van der Waals surface area contributed by atoms with Crippen LogP contribution in [0.1, 0.15) is 40.0 Å². The molecule has 1 unspecified atom stereocenters. The number of rotatable bonds is 5. The van der Waals surface area contributed by atoms with E-state index in [9.17, 15) is 8.42 Å². The van der Waals surface area contributed by atoms with E-state index in [1.807, 2.05) is 20.8 Å². The van der Waals surface area contributed by atoms with Gasteiger partial charge in [0.25, 0.3) is 0 Å². The molecule has 0 radical (unpaired) electrons. The van der Waals surface area contributed by atoms with Crippen molar-refractivity contribution >= 4 is 10.0 Å². The fraction of sp³-hybridized carbons (Fsp3) is 1.00. The van der Waals surface area contributed by atoms with Crippen LogP contribution in [0.15, 0.2) is 0 Å². The van der Waals surface area contributed by atoms with Crippen LogP contribution >= 0.6 is 0 Å². The summed E-state index contributed by atoms with van der Waals surface area (Å²) in [6.07, 6.45) is 3.27. The van der Waals surface area contributed by atoms with Crippen LogP contribution in [-0.2, 0) is 10.0 Å². The second kappa shape index (κ2) is 5.47. The van der Waals surface area contributed by atoms with Crippen molar-refractivity contribution in [2.45, 2.75) is 46.1 Å². The van der Waals surface area contributed by atoms with E-state index in [1.165, 1.54) is 12.8 Å². The van der Waals surface area contributed by atoms with Crippen LogP contribution in [0.2, 0.25) is 0 Å². The van der Waals surface area contributed by atoms with Crippen LogP contribution in [0.3, 0.4) is 0 Å². The molecule has 1 aliphatic rings. The Balaban J connectivity index is 2.25. The third kappa shape index (κ3) is 5.82. The third-order valence-electron chi connectivity index (χ3n) is 2.60. The number of hydrogen-bond acceptors (Lipinski definition) is 3. The van der Waals surface area contributed by atoms with E-state index < -0.39 is 10.0 Å². The highest BCUT2D eigenvalue weighted by Gasteiger charge is 2.21. The maximum Gasteiger partial charge on any atom is 0.212 e. The molecule has 1 rings (SSSR count). The van der Waals surface area contributed by atoms with Gasteiger partial charge in [-0.15, -0.1) is 0 Å². The minimum Gasteiger partial charge on any atom is -0.314 e. The second-order valence-electron chi connectivity index (χ2n) is 5.80. The molecule has 1 fully saturated rings. The highest BCUT2D eigenvalue weighted by molar-refractivity contribution is 7.89. The largest absolute Gasteiger partial charge is 0.314 e. The molecule has 0 spiro atoms. The summed E-state index contributed by atoms with van der Waals surface area (Å²) in [6.45, 7) is 7.43. The molecule has 0 saturated carbocycles. The standard InChI is InChI=1S/C11H24N2O2S/c1-11(2,3)9-16(14,15)13-8-6-10-5-4-7-12-10/h10,12-13H,4-9H2,1-3H3.